The van der Waals surface area contributed by atoms with Crippen molar-refractivity contribution in [1.82, 2.24) is 0 Å². The molecule has 2 aliphatic rings. The van der Waals surface area contributed by atoms with Crippen LogP contribution in [-0.2, 0) is 9.59 Å². The number of benzene rings is 2. The molecule has 8 heteroatoms. The molecule has 0 spiro atoms. The third kappa shape index (κ3) is 4.30. The number of anilines is 2. The van der Waals surface area contributed by atoms with Gasteiger partial charge in [0.2, 0.25) is 5.91 Å². The van der Waals surface area contributed by atoms with Gasteiger partial charge in [0.25, 0.3) is 5.91 Å². The Morgan fingerprint density at radius 3 is 2.90 bits per heavy atom. The molecule has 150 valence electrons. The molecule has 2 N–H and O–H groups in total. The van der Waals surface area contributed by atoms with Crippen molar-refractivity contribution in [3.8, 4) is 17.2 Å². The number of carbonyl (C=O) groups excluding carboxylic acids is 2. The molecule has 2 aromatic carbocycles. The van der Waals surface area contributed by atoms with Gasteiger partial charge >= 0.3 is 0 Å². The molecule has 2 amide bonds. The third-order valence-electron chi connectivity index (χ3n) is 4.43. The van der Waals surface area contributed by atoms with E-state index in [9.17, 15) is 9.59 Å². The number of hydrogen-bond donors (Lipinski definition) is 2. The van der Waals surface area contributed by atoms with E-state index in [0.717, 1.165) is 12.0 Å². The smallest absolute Gasteiger partial charge is 0.265 e. The largest absolute Gasteiger partial charge is 0.489 e. The van der Waals surface area contributed by atoms with Crippen molar-refractivity contribution in [3.63, 3.8) is 0 Å². The summed E-state index contributed by atoms with van der Waals surface area (Å²) in [6.07, 6.45) is 3.27. The van der Waals surface area contributed by atoms with Crippen LogP contribution in [0.25, 0.3) is 6.08 Å². The molecule has 4 rings (SSSR count). The van der Waals surface area contributed by atoms with Crippen LogP contribution in [0.15, 0.2) is 36.4 Å². The fourth-order valence-electron chi connectivity index (χ4n) is 2.99. The van der Waals surface area contributed by atoms with Crippen molar-refractivity contribution >= 4 is 40.9 Å². The summed E-state index contributed by atoms with van der Waals surface area (Å²) < 4.78 is 16.8. The molecule has 0 saturated carbocycles. The number of carbonyl (C=O) groups is 2. The summed E-state index contributed by atoms with van der Waals surface area (Å²) in [4.78, 5) is 24.0. The van der Waals surface area contributed by atoms with Crippen molar-refractivity contribution in [2.45, 2.75) is 19.4 Å². The van der Waals surface area contributed by atoms with Crippen LogP contribution in [0, 0.1) is 0 Å². The van der Waals surface area contributed by atoms with Gasteiger partial charge in [0.15, 0.2) is 17.6 Å². The molecule has 0 fully saturated rings. The highest BCUT2D eigenvalue weighted by Gasteiger charge is 2.23. The Kier molecular flexibility index (Phi) is 5.31. The van der Waals surface area contributed by atoms with Gasteiger partial charge in [-0.15, -0.1) is 0 Å². The average molecular weight is 415 g/mol. The van der Waals surface area contributed by atoms with Crippen LogP contribution in [0.5, 0.6) is 17.2 Å². The number of halogens is 1. The van der Waals surface area contributed by atoms with Gasteiger partial charge in [-0.25, -0.2) is 0 Å². The first-order valence-electron chi connectivity index (χ1n) is 9.19. The van der Waals surface area contributed by atoms with Crippen molar-refractivity contribution in [1.29, 1.82) is 0 Å². The van der Waals surface area contributed by atoms with Gasteiger partial charge in [0.05, 0.1) is 23.9 Å². The Labute approximate surface area is 172 Å². The second-order valence-electron chi connectivity index (χ2n) is 6.66. The summed E-state index contributed by atoms with van der Waals surface area (Å²) >= 11 is 6.27. The van der Waals surface area contributed by atoms with Crippen LogP contribution in [-0.4, -0.2) is 31.1 Å². The lowest BCUT2D eigenvalue weighted by atomic mass is 10.1. The highest BCUT2D eigenvalue weighted by Crippen LogP contribution is 2.38. The minimum absolute atomic E-state index is 0.229. The Balaban J connectivity index is 1.46. The molecule has 29 heavy (non-hydrogen) atoms. The molecule has 1 unspecified atom stereocenters. The summed E-state index contributed by atoms with van der Waals surface area (Å²) in [6, 6.07) is 8.55. The zero-order chi connectivity index (χ0) is 20.4. The summed E-state index contributed by atoms with van der Waals surface area (Å²) in [5.41, 5.74) is 1.77. The van der Waals surface area contributed by atoms with Crippen LogP contribution >= 0.6 is 11.6 Å². The normalized spacial score (nSPS) is 17.7. The lowest BCUT2D eigenvalue weighted by molar-refractivity contribution is -0.122. The lowest BCUT2D eigenvalue weighted by Gasteiger charge is -2.23. The van der Waals surface area contributed by atoms with Crippen LogP contribution < -0.4 is 24.8 Å². The predicted molar refractivity (Wildman–Crippen MR) is 110 cm³/mol. The molecular weight excluding hydrogens is 396 g/mol. The van der Waals surface area contributed by atoms with Gasteiger partial charge in [-0.1, -0.05) is 11.6 Å². The minimum Gasteiger partial charge on any atom is -0.489 e. The van der Waals surface area contributed by atoms with Crippen molar-refractivity contribution in [3.05, 3.63) is 47.0 Å². The predicted octanol–water partition coefficient (Wildman–Crippen LogP) is 3.87. The van der Waals surface area contributed by atoms with Crippen LogP contribution in [0.4, 0.5) is 11.4 Å². The molecule has 2 aliphatic heterocycles. The van der Waals surface area contributed by atoms with E-state index in [1.807, 2.05) is 0 Å². The zero-order valence-electron chi connectivity index (χ0n) is 15.7. The van der Waals surface area contributed by atoms with E-state index in [1.165, 1.54) is 6.08 Å². The highest BCUT2D eigenvalue weighted by molar-refractivity contribution is 6.32. The zero-order valence-corrected chi connectivity index (χ0v) is 16.4. The standard InChI is InChI=1S/C21H19ClN2O5/c1-12-21(26)24-16-11-14(4-5-17(16)29-12)23-19(25)6-3-13-9-15(22)20-18(10-13)27-7-2-8-28-20/h3-6,9-12H,2,7-8H2,1H3,(H,23,25)(H,24,26)/b6-3+. The number of rotatable bonds is 3. The number of nitrogens with one attached hydrogen (secondary N) is 2. The molecule has 2 heterocycles. The van der Waals surface area contributed by atoms with Gasteiger partial charge in [0.1, 0.15) is 5.75 Å². The number of fused-ring (bicyclic) bond motifs is 2. The number of amides is 2. The fourth-order valence-corrected chi connectivity index (χ4v) is 3.26. The third-order valence-corrected chi connectivity index (χ3v) is 4.71. The second kappa shape index (κ2) is 8.05. The molecule has 1 atom stereocenters. The summed E-state index contributed by atoms with van der Waals surface area (Å²) in [5.74, 6) is 1.09. The SMILES string of the molecule is CC1Oc2ccc(NC(=O)/C=C/c3cc(Cl)c4c(c3)OCCCO4)cc2NC1=O. The van der Waals surface area contributed by atoms with Gasteiger partial charge in [-0.3, -0.25) is 9.59 Å². The van der Waals surface area contributed by atoms with E-state index in [2.05, 4.69) is 10.6 Å². The topological polar surface area (TPSA) is 85.9 Å². The molecule has 7 nitrogen and oxygen atoms in total. The minimum atomic E-state index is -0.548. The van der Waals surface area contributed by atoms with Gasteiger partial charge < -0.3 is 24.8 Å². The quantitative estimate of drug-likeness (QED) is 0.744. The molecule has 0 bridgehead atoms. The molecular formula is C21H19ClN2O5. The van der Waals surface area contributed by atoms with E-state index in [-0.39, 0.29) is 11.8 Å². The molecule has 0 aliphatic carbocycles. The maximum Gasteiger partial charge on any atom is 0.265 e. The lowest BCUT2D eigenvalue weighted by Crippen LogP contribution is -2.34. The Morgan fingerprint density at radius 2 is 2.03 bits per heavy atom. The van der Waals surface area contributed by atoms with E-state index in [4.69, 9.17) is 25.8 Å². The average Bonchev–Trinajstić information content (AvgIpc) is 2.93. The second-order valence-corrected chi connectivity index (χ2v) is 7.07. The van der Waals surface area contributed by atoms with Crippen LogP contribution in [0.1, 0.15) is 18.9 Å². The molecule has 2 aromatic rings. The Hall–Kier alpha value is -3.19. The van der Waals surface area contributed by atoms with E-state index in [1.54, 1.807) is 43.3 Å². The first kappa shape index (κ1) is 19.1. The molecule has 0 saturated heterocycles. The monoisotopic (exact) mass is 414 g/mol. The maximum absolute atomic E-state index is 12.3. The van der Waals surface area contributed by atoms with Crippen molar-refractivity contribution in [2.24, 2.45) is 0 Å². The first-order chi connectivity index (χ1) is 14.0. The number of hydrogen-bond acceptors (Lipinski definition) is 5. The molecule has 0 aromatic heterocycles. The van der Waals surface area contributed by atoms with Gasteiger partial charge in [-0.2, -0.15) is 0 Å². The Bertz CT molecular complexity index is 1000. The fraction of sp³-hybridized carbons (Fsp3) is 0.238. The van der Waals surface area contributed by atoms with Crippen LogP contribution in [0.3, 0.4) is 0 Å². The van der Waals surface area contributed by atoms with E-state index < -0.39 is 6.10 Å². The maximum atomic E-state index is 12.3. The van der Waals surface area contributed by atoms with Gasteiger partial charge in [0, 0.05) is 18.2 Å². The molecule has 0 radical (unpaired) electrons. The first-order valence-corrected chi connectivity index (χ1v) is 9.57. The van der Waals surface area contributed by atoms with Gasteiger partial charge in [-0.05, 0) is 48.9 Å². The van der Waals surface area contributed by atoms with E-state index in [0.29, 0.717) is 46.9 Å². The summed E-state index contributed by atoms with van der Waals surface area (Å²) in [5, 5.41) is 5.94. The number of ether oxygens (including phenoxy) is 3. The summed E-state index contributed by atoms with van der Waals surface area (Å²) in [7, 11) is 0. The van der Waals surface area contributed by atoms with Crippen molar-refractivity contribution < 1.29 is 23.8 Å². The van der Waals surface area contributed by atoms with E-state index >= 15 is 0 Å². The summed E-state index contributed by atoms with van der Waals surface area (Å²) in [6.45, 7) is 2.77. The van der Waals surface area contributed by atoms with Crippen LogP contribution in [0.2, 0.25) is 5.02 Å². The highest BCUT2D eigenvalue weighted by atomic mass is 35.5. The van der Waals surface area contributed by atoms with Crippen molar-refractivity contribution in [2.75, 3.05) is 23.8 Å². The Morgan fingerprint density at radius 1 is 1.21 bits per heavy atom.